The summed E-state index contributed by atoms with van der Waals surface area (Å²) in [5, 5.41) is 3.81. The van der Waals surface area contributed by atoms with E-state index in [1.54, 1.807) is 0 Å². The van der Waals surface area contributed by atoms with Crippen LogP contribution in [-0.4, -0.2) is 6.04 Å². The zero-order valence-electron chi connectivity index (χ0n) is 13.1. The molecule has 1 aromatic carbocycles. The SMILES string of the molecule is CC(NCc1ccccc1)C1(C)CC2CCC(CC2)C1. The molecule has 4 rings (SSSR count). The molecule has 1 heteroatoms. The highest BCUT2D eigenvalue weighted by Gasteiger charge is 2.40. The predicted molar refractivity (Wildman–Crippen MR) is 85.5 cm³/mol. The molecule has 3 aliphatic rings. The van der Waals surface area contributed by atoms with Crippen molar-refractivity contribution in [3.63, 3.8) is 0 Å². The van der Waals surface area contributed by atoms with Crippen molar-refractivity contribution in [2.24, 2.45) is 17.3 Å². The molecule has 0 aliphatic heterocycles. The molecular formula is C19H29N. The fourth-order valence-corrected chi connectivity index (χ4v) is 4.51. The monoisotopic (exact) mass is 271 g/mol. The molecule has 0 amide bonds. The molecule has 1 atom stereocenters. The minimum Gasteiger partial charge on any atom is -0.310 e. The van der Waals surface area contributed by atoms with Crippen molar-refractivity contribution in [1.82, 2.24) is 5.32 Å². The Morgan fingerprint density at radius 1 is 1.05 bits per heavy atom. The van der Waals surface area contributed by atoms with Gasteiger partial charge in [0.2, 0.25) is 0 Å². The van der Waals surface area contributed by atoms with Gasteiger partial charge in [-0.05, 0) is 42.6 Å². The van der Waals surface area contributed by atoms with Crippen molar-refractivity contribution in [3.05, 3.63) is 35.9 Å². The van der Waals surface area contributed by atoms with Gasteiger partial charge in [-0.15, -0.1) is 0 Å². The predicted octanol–water partition coefficient (Wildman–Crippen LogP) is 4.77. The van der Waals surface area contributed by atoms with Gasteiger partial charge in [0, 0.05) is 12.6 Å². The minimum atomic E-state index is 0.497. The third-order valence-electron chi connectivity index (χ3n) is 5.98. The standard InChI is InChI=1S/C19H29N/c1-15(20-14-18-6-4-3-5-7-18)19(2)12-16-8-9-17(13-19)11-10-16/h3-7,15-17,20H,8-14H2,1-2H3. The Balaban J connectivity index is 1.62. The first kappa shape index (κ1) is 14.1. The highest BCUT2D eigenvalue weighted by atomic mass is 14.9. The van der Waals surface area contributed by atoms with Crippen LogP contribution >= 0.6 is 0 Å². The third kappa shape index (κ3) is 3.09. The van der Waals surface area contributed by atoms with Gasteiger partial charge in [-0.3, -0.25) is 0 Å². The topological polar surface area (TPSA) is 12.0 Å². The highest BCUT2D eigenvalue weighted by molar-refractivity contribution is 5.14. The molecule has 0 aromatic heterocycles. The summed E-state index contributed by atoms with van der Waals surface area (Å²) in [5.41, 5.74) is 1.90. The normalized spacial score (nSPS) is 34.7. The number of hydrogen-bond acceptors (Lipinski definition) is 1. The van der Waals surface area contributed by atoms with Crippen LogP contribution in [0.1, 0.15) is 57.9 Å². The summed E-state index contributed by atoms with van der Waals surface area (Å²) in [6.45, 7) is 5.95. The van der Waals surface area contributed by atoms with Crippen molar-refractivity contribution >= 4 is 0 Å². The average Bonchev–Trinajstić information content (AvgIpc) is 2.74. The van der Waals surface area contributed by atoms with Crippen LogP contribution in [0.5, 0.6) is 0 Å². The summed E-state index contributed by atoms with van der Waals surface area (Å²) in [4.78, 5) is 0. The van der Waals surface area contributed by atoms with E-state index in [4.69, 9.17) is 0 Å². The molecule has 0 spiro atoms. The lowest BCUT2D eigenvalue weighted by Crippen LogP contribution is -2.42. The second kappa shape index (κ2) is 5.89. The van der Waals surface area contributed by atoms with E-state index in [0.717, 1.165) is 18.4 Å². The lowest BCUT2D eigenvalue weighted by Gasteiger charge is -2.37. The number of hydrogen-bond donors (Lipinski definition) is 1. The fraction of sp³-hybridized carbons (Fsp3) is 0.684. The second-order valence-corrected chi connectivity index (χ2v) is 7.54. The summed E-state index contributed by atoms with van der Waals surface area (Å²) < 4.78 is 0. The van der Waals surface area contributed by atoms with Gasteiger partial charge < -0.3 is 5.32 Å². The van der Waals surface area contributed by atoms with Gasteiger partial charge in [-0.1, -0.05) is 62.9 Å². The highest BCUT2D eigenvalue weighted by Crippen LogP contribution is 2.49. The summed E-state index contributed by atoms with van der Waals surface area (Å²) in [5.74, 6) is 2.00. The molecule has 1 aromatic rings. The van der Waals surface area contributed by atoms with Crippen molar-refractivity contribution in [1.29, 1.82) is 0 Å². The molecule has 2 bridgehead atoms. The first-order valence-electron chi connectivity index (χ1n) is 8.43. The van der Waals surface area contributed by atoms with Crippen molar-refractivity contribution in [2.45, 2.75) is 65.0 Å². The van der Waals surface area contributed by atoms with E-state index in [-0.39, 0.29) is 0 Å². The molecule has 1 unspecified atom stereocenters. The number of rotatable bonds is 4. The van der Waals surface area contributed by atoms with Crippen LogP contribution in [0.4, 0.5) is 0 Å². The van der Waals surface area contributed by atoms with Gasteiger partial charge >= 0.3 is 0 Å². The molecule has 0 radical (unpaired) electrons. The van der Waals surface area contributed by atoms with Crippen LogP contribution in [0.25, 0.3) is 0 Å². The van der Waals surface area contributed by atoms with Crippen molar-refractivity contribution in [2.75, 3.05) is 0 Å². The van der Waals surface area contributed by atoms with E-state index in [1.165, 1.54) is 44.1 Å². The van der Waals surface area contributed by atoms with E-state index in [2.05, 4.69) is 49.5 Å². The number of benzene rings is 1. The maximum absolute atomic E-state index is 3.81. The maximum atomic E-state index is 3.81. The van der Waals surface area contributed by atoms with Crippen LogP contribution in [0, 0.1) is 17.3 Å². The van der Waals surface area contributed by atoms with E-state index in [9.17, 15) is 0 Å². The molecular weight excluding hydrogens is 242 g/mol. The summed E-state index contributed by atoms with van der Waals surface area (Å²) in [7, 11) is 0. The summed E-state index contributed by atoms with van der Waals surface area (Å²) in [6.07, 6.45) is 8.84. The van der Waals surface area contributed by atoms with Crippen molar-refractivity contribution < 1.29 is 0 Å². The number of nitrogens with one attached hydrogen (secondary N) is 1. The first-order valence-corrected chi connectivity index (χ1v) is 8.43. The first-order chi connectivity index (χ1) is 9.66. The fourth-order valence-electron chi connectivity index (χ4n) is 4.51. The molecule has 3 fully saturated rings. The van der Waals surface area contributed by atoms with E-state index < -0.39 is 0 Å². The molecule has 0 saturated heterocycles. The van der Waals surface area contributed by atoms with Gasteiger partial charge in [-0.25, -0.2) is 0 Å². The lowest BCUT2D eigenvalue weighted by atomic mass is 9.74. The van der Waals surface area contributed by atoms with E-state index >= 15 is 0 Å². The Morgan fingerprint density at radius 2 is 1.60 bits per heavy atom. The van der Waals surface area contributed by atoms with Crippen LogP contribution in [0.2, 0.25) is 0 Å². The van der Waals surface area contributed by atoms with Crippen molar-refractivity contribution in [3.8, 4) is 0 Å². The molecule has 3 aliphatic carbocycles. The molecule has 20 heavy (non-hydrogen) atoms. The Morgan fingerprint density at radius 3 is 2.15 bits per heavy atom. The third-order valence-corrected chi connectivity index (χ3v) is 5.98. The number of fused-ring (bicyclic) bond motifs is 4. The van der Waals surface area contributed by atoms with Crippen LogP contribution < -0.4 is 5.32 Å². The summed E-state index contributed by atoms with van der Waals surface area (Å²) >= 11 is 0. The largest absolute Gasteiger partial charge is 0.310 e. The van der Waals surface area contributed by atoms with Gasteiger partial charge in [0.15, 0.2) is 0 Å². The average molecular weight is 271 g/mol. The van der Waals surface area contributed by atoms with Gasteiger partial charge in [0.05, 0.1) is 0 Å². The van der Waals surface area contributed by atoms with Gasteiger partial charge in [0.25, 0.3) is 0 Å². The second-order valence-electron chi connectivity index (χ2n) is 7.54. The zero-order chi connectivity index (χ0) is 14.0. The Bertz CT molecular complexity index is 403. The molecule has 110 valence electrons. The van der Waals surface area contributed by atoms with Gasteiger partial charge in [-0.2, -0.15) is 0 Å². The zero-order valence-corrected chi connectivity index (χ0v) is 13.1. The van der Waals surface area contributed by atoms with Gasteiger partial charge in [0.1, 0.15) is 0 Å². The van der Waals surface area contributed by atoms with Crippen LogP contribution in [0.3, 0.4) is 0 Å². The quantitative estimate of drug-likeness (QED) is 0.831. The molecule has 1 nitrogen and oxygen atoms in total. The van der Waals surface area contributed by atoms with Crippen LogP contribution in [0.15, 0.2) is 30.3 Å². The Hall–Kier alpha value is -0.820. The smallest absolute Gasteiger partial charge is 0.0208 e. The minimum absolute atomic E-state index is 0.497. The van der Waals surface area contributed by atoms with E-state index in [1.807, 2.05) is 0 Å². The molecule has 0 heterocycles. The Kier molecular flexibility index (Phi) is 4.16. The Labute approximate surface area is 124 Å². The van der Waals surface area contributed by atoms with E-state index in [0.29, 0.717) is 11.5 Å². The summed E-state index contributed by atoms with van der Waals surface area (Å²) in [6, 6.07) is 11.4. The molecule has 3 saturated carbocycles. The lowest BCUT2D eigenvalue weighted by molar-refractivity contribution is 0.170. The maximum Gasteiger partial charge on any atom is 0.0208 e. The van der Waals surface area contributed by atoms with Crippen LogP contribution in [-0.2, 0) is 6.54 Å². The molecule has 1 N–H and O–H groups in total.